The number of carbonyl (C=O) groups is 1. The second-order valence-electron chi connectivity index (χ2n) is 8.42. The molecular weight excluding hydrogens is 348 g/mol. The fourth-order valence-corrected chi connectivity index (χ4v) is 3.18. The molecule has 0 radical (unpaired) electrons. The molecular formula is C25H48O3. The van der Waals surface area contributed by atoms with E-state index in [2.05, 4.69) is 32.9 Å². The van der Waals surface area contributed by atoms with E-state index >= 15 is 0 Å². The van der Waals surface area contributed by atoms with Gasteiger partial charge in [-0.3, -0.25) is 0 Å². The minimum atomic E-state index is -0.495. The minimum Gasteiger partial charge on any atom is -0.434 e. The molecule has 3 heteroatoms. The minimum absolute atomic E-state index is 0.490. The maximum Gasteiger partial charge on any atom is 0.508 e. The molecule has 0 saturated carbocycles. The van der Waals surface area contributed by atoms with Crippen LogP contribution in [0.15, 0.2) is 12.2 Å². The Morgan fingerprint density at radius 3 is 1.68 bits per heavy atom. The van der Waals surface area contributed by atoms with E-state index in [0.29, 0.717) is 13.2 Å². The molecule has 166 valence electrons. The summed E-state index contributed by atoms with van der Waals surface area (Å²) >= 11 is 0. The van der Waals surface area contributed by atoms with Crippen molar-refractivity contribution in [2.45, 2.75) is 124 Å². The van der Waals surface area contributed by atoms with Crippen molar-refractivity contribution in [3.8, 4) is 0 Å². The summed E-state index contributed by atoms with van der Waals surface area (Å²) in [7, 11) is 0. The molecule has 0 saturated heterocycles. The predicted octanol–water partition coefficient (Wildman–Crippen LogP) is 8.61. The Hall–Kier alpha value is -0.990. The van der Waals surface area contributed by atoms with Crippen LogP contribution in [0.25, 0.3) is 0 Å². The van der Waals surface area contributed by atoms with Gasteiger partial charge in [-0.25, -0.2) is 4.79 Å². The van der Waals surface area contributed by atoms with Crippen LogP contribution in [0, 0.1) is 5.92 Å². The monoisotopic (exact) mass is 396 g/mol. The Morgan fingerprint density at radius 1 is 0.679 bits per heavy atom. The van der Waals surface area contributed by atoms with Gasteiger partial charge in [0.2, 0.25) is 0 Å². The standard InChI is InChI=1S/C25H48O3/c1-4-5-6-7-8-9-10-11-12-13-14-15-16-19-22-27-25(26)28-23-20-17-18-21-24(2)3/h9-10,24H,4-8,11-23H2,1-3H3/b10-9-. The quantitative estimate of drug-likeness (QED) is 0.117. The van der Waals surface area contributed by atoms with Gasteiger partial charge in [0.1, 0.15) is 0 Å². The summed E-state index contributed by atoms with van der Waals surface area (Å²) in [6, 6.07) is 0. The molecule has 0 amide bonds. The van der Waals surface area contributed by atoms with Crippen LogP contribution in [0.3, 0.4) is 0 Å². The van der Waals surface area contributed by atoms with Crippen LogP contribution in [0.5, 0.6) is 0 Å². The first kappa shape index (κ1) is 27.0. The third-order valence-electron chi connectivity index (χ3n) is 5.02. The second kappa shape index (κ2) is 22.3. The van der Waals surface area contributed by atoms with Crippen molar-refractivity contribution >= 4 is 6.16 Å². The first-order valence-corrected chi connectivity index (χ1v) is 12.1. The maximum atomic E-state index is 11.5. The lowest BCUT2D eigenvalue weighted by Gasteiger charge is -2.07. The predicted molar refractivity (Wildman–Crippen MR) is 121 cm³/mol. The van der Waals surface area contributed by atoms with Gasteiger partial charge in [0, 0.05) is 0 Å². The molecule has 0 aromatic carbocycles. The van der Waals surface area contributed by atoms with Crippen molar-refractivity contribution in [1.29, 1.82) is 0 Å². The number of hydrogen-bond donors (Lipinski definition) is 0. The Kier molecular flexibility index (Phi) is 21.5. The van der Waals surface area contributed by atoms with Gasteiger partial charge in [-0.15, -0.1) is 0 Å². The highest BCUT2D eigenvalue weighted by Gasteiger charge is 2.03. The third kappa shape index (κ3) is 23.0. The Balaban J connectivity index is 3.20. The highest BCUT2D eigenvalue weighted by molar-refractivity contribution is 5.59. The van der Waals surface area contributed by atoms with Crippen molar-refractivity contribution in [1.82, 2.24) is 0 Å². The number of carbonyl (C=O) groups excluding carboxylic acids is 1. The molecule has 0 fully saturated rings. The third-order valence-corrected chi connectivity index (χ3v) is 5.02. The van der Waals surface area contributed by atoms with E-state index in [1.54, 1.807) is 0 Å². The fraction of sp³-hybridized carbons (Fsp3) is 0.880. The summed E-state index contributed by atoms with van der Waals surface area (Å²) in [5.41, 5.74) is 0. The Bertz CT molecular complexity index is 350. The van der Waals surface area contributed by atoms with E-state index in [4.69, 9.17) is 9.47 Å². The molecule has 0 atom stereocenters. The molecule has 3 nitrogen and oxygen atoms in total. The van der Waals surface area contributed by atoms with E-state index in [9.17, 15) is 4.79 Å². The largest absolute Gasteiger partial charge is 0.508 e. The molecule has 28 heavy (non-hydrogen) atoms. The fourth-order valence-electron chi connectivity index (χ4n) is 3.18. The number of unbranched alkanes of at least 4 members (excludes halogenated alkanes) is 12. The van der Waals surface area contributed by atoms with Gasteiger partial charge in [-0.05, 0) is 44.4 Å². The highest BCUT2D eigenvalue weighted by Crippen LogP contribution is 2.10. The van der Waals surface area contributed by atoms with Crippen LogP contribution in [0.1, 0.15) is 124 Å². The van der Waals surface area contributed by atoms with Crippen LogP contribution in [-0.2, 0) is 9.47 Å². The molecule has 0 aromatic rings. The number of rotatable bonds is 20. The van der Waals surface area contributed by atoms with Gasteiger partial charge >= 0.3 is 6.16 Å². The zero-order valence-electron chi connectivity index (χ0n) is 19.2. The molecule has 0 N–H and O–H groups in total. The lowest BCUT2D eigenvalue weighted by Crippen LogP contribution is -2.09. The average Bonchev–Trinajstić information content (AvgIpc) is 2.67. The van der Waals surface area contributed by atoms with Crippen LogP contribution in [0.4, 0.5) is 4.79 Å². The van der Waals surface area contributed by atoms with Gasteiger partial charge in [0.15, 0.2) is 0 Å². The second-order valence-corrected chi connectivity index (χ2v) is 8.42. The normalized spacial score (nSPS) is 11.4. The summed E-state index contributed by atoms with van der Waals surface area (Å²) in [6.07, 6.45) is 23.8. The number of ether oxygens (including phenoxy) is 2. The summed E-state index contributed by atoms with van der Waals surface area (Å²) in [5.74, 6) is 0.757. The van der Waals surface area contributed by atoms with E-state index in [1.165, 1.54) is 77.0 Å². The first-order valence-electron chi connectivity index (χ1n) is 12.1. The van der Waals surface area contributed by atoms with Crippen molar-refractivity contribution in [3.63, 3.8) is 0 Å². The maximum absolute atomic E-state index is 11.5. The van der Waals surface area contributed by atoms with Gasteiger partial charge in [0.05, 0.1) is 13.2 Å². The Morgan fingerprint density at radius 2 is 1.14 bits per heavy atom. The molecule has 0 aliphatic heterocycles. The molecule has 0 aliphatic carbocycles. The lowest BCUT2D eigenvalue weighted by molar-refractivity contribution is 0.0528. The zero-order chi connectivity index (χ0) is 20.7. The number of allylic oxidation sites excluding steroid dienone is 2. The summed E-state index contributed by atoms with van der Waals surface area (Å²) < 4.78 is 10.2. The smallest absolute Gasteiger partial charge is 0.434 e. The van der Waals surface area contributed by atoms with Crippen LogP contribution >= 0.6 is 0 Å². The number of hydrogen-bond acceptors (Lipinski definition) is 3. The summed E-state index contributed by atoms with van der Waals surface area (Å²) in [4.78, 5) is 11.5. The van der Waals surface area contributed by atoms with Crippen LogP contribution in [0.2, 0.25) is 0 Å². The van der Waals surface area contributed by atoms with E-state index in [0.717, 1.165) is 31.6 Å². The molecule has 0 aliphatic rings. The van der Waals surface area contributed by atoms with Crippen LogP contribution < -0.4 is 0 Å². The topological polar surface area (TPSA) is 35.5 Å². The van der Waals surface area contributed by atoms with E-state index in [1.807, 2.05) is 0 Å². The van der Waals surface area contributed by atoms with E-state index in [-0.39, 0.29) is 0 Å². The summed E-state index contributed by atoms with van der Waals surface area (Å²) in [6.45, 7) is 7.72. The van der Waals surface area contributed by atoms with Crippen molar-refractivity contribution in [3.05, 3.63) is 12.2 Å². The zero-order valence-corrected chi connectivity index (χ0v) is 19.2. The van der Waals surface area contributed by atoms with Crippen LogP contribution in [-0.4, -0.2) is 19.4 Å². The molecule has 0 rings (SSSR count). The first-order chi connectivity index (χ1) is 13.7. The molecule has 0 unspecified atom stereocenters. The summed E-state index contributed by atoms with van der Waals surface area (Å²) in [5, 5.41) is 0. The Labute approximate surface area is 175 Å². The van der Waals surface area contributed by atoms with E-state index < -0.39 is 6.16 Å². The van der Waals surface area contributed by atoms with Gasteiger partial charge in [-0.1, -0.05) is 97.1 Å². The van der Waals surface area contributed by atoms with Gasteiger partial charge in [0.25, 0.3) is 0 Å². The van der Waals surface area contributed by atoms with Crippen molar-refractivity contribution < 1.29 is 14.3 Å². The lowest BCUT2D eigenvalue weighted by atomic mass is 10.1. The highest BCUT2D eigenvalue weighted by atomic mass is 16.7. The SMILES string of the molecule is CCCCCC/C=C\CCCCCCCCOC(=O)OCCCCCC(C)C. The molecule has 0 spiro atoms. The molecule has 0 heterocycles. The molecule has 0 bridgehead atoms. The van der Waals surface area contributed by atoms with Crippen molar-refractivity contribution in [2.24, 2.45) is 5.92 Å². The van der Waals surface area contributed by atoms with Gasteiger partial charge in [-0.2, -0.15) is 0 Å². The molecule has 0 aromatic heterocycles. The van der Waals surface area contributed by atoms with Crippen molar-refractivity contribution in [2.75, 3.05) is 13.2 Å². The van der Waals surface area contributed by atoms with Gasteiger partial charge < -0.3 is 9.47 Å². The average molecular weight is 397 g/mol.